The second-order valence-electron chi connectivity index (χ2n) is 6.62. The normalized spacial score (nSPS) is 17.0. The van der Waals surface area contributed by atoms with Crippen LogP contribution < -0.4 is 0 Å². The molecule has 0 aliphatic carbocycles. The maximum Gasteiger partial charge on any atom is 0.222 e. The molecule has 2 heterocycles. The number of aromatic nitrogens is 2. The Morgan fingerprint density at radius 1 is 1.27 bits per heavy atom. The number of hydrogen-bond donors (Lipinski definition) is 0. The lowest BCUT2D eigenvalue weighted by Gasteiger charge is -2.34. The zero-order valence-electron chi connectivity index (χ0n) is 14.2. The van der Waals surface area contributed by atoms with E-state index in [1.807, 2.05) is 12.4 Å². The van der Waals surface area contributed by atoms with Crippen LogP contribution in [0.25, 0.3) is 0 Å². The van der Waals surface area contributed by atoms with E-state index in [1.54, 1.807) is 19.0 Å². The summed E-state index contributed by atoms with van der Waals surface area (Å²) in [5, 5.41) is 0. The Kier molecular flexibility index (Phi) is 5.89. The van der Waals surface area contributed by atoms with Gasteiger partial charge in [0.1, 0.15) is 0 Å². The Morgan fingerprint density at radius 2 is 1.95 bits per heavy atom. The average molecular weight is 304 g/mol. The fourth-order valence-corrected chi connectivity index (χ4v) is 2.87. The van der Waals surface area contributed by atoms with E-state index in [0.717, 1.165) is 37.3 Å². The molecule has 0 aromatic carbocycles. The van der Waals surface area contributed by atoms with Crippen LogP contribution in [0.5, 0.6) is 0 Å². The summed E-state index contributed by atoms with van der Waals surface area (Å²) in [6, 6.07) is 0.628. The average Bonchev–Trinajstić information content (AvgIpc) is 2.53. The lowest BCUT2D eigenvalue weighted by Crippen LogP contribution is -2.38. The van der Waals surface area contributed by atoms with Crippen molar-refractivity contribution < 1.29 is 4.79 Å². The Balaban J connectivity index is 1.86. The van der Waals surface area contributed by atoms with Gasteiger partial charge in [0.15, 0.2) is 0 Å². The first-order chi connectivity index (χ1) is 10.5. The van der Waals surface area contributed by atoms with E-state index in [-0.39, 0.29) is 5.91 Å². The van der Waals surface area contributed by atoms with Gasteiger partial charge in [0.05, 0.1) is 11.4 Å². The first-order valence-corrected chi connectivity index (χ1v) is 8.22. The molecule has 0 unspecified atom stereocenters. The van der Waals surface area contributed by atoms with Crippen molar-refractivity contribution in [1.29, 1.82) is 0 Å². The number of nitrogens with zero attached hydrogens (tertiary/aromatic N) is 4. The molecule has 0 spiro atoms. The van der Waals surface area contributed by atoms with Gasteiger partial charge in [-0.15, -0.1) is 0 Å². The molecule has 0 saturated carbocycles. The summed E-state index contributed by atoms with van der Waals surface area (Å²) in [4.78, 5) is 24.8. The van der Waals surface area contributed by atoms with E-state index >= 15 is 0 Å². The van der Waals surface area contributed by atoms with E-state index in [1.165, 1.54) is 0 Å². The lowest BCUT2D eigenvalue weighted by atomic mass is 9.93. The van der Waals surface area contributed by atoms with Crippen molar-refractivity contribution in [3.05, 3.63) is 23.8 Å². The molecular formula is C17H28N4O. The minimum absolute atomic E-state index is 0.131. The number of likely N-dealkylation sites (tertiary alicyclic amines) is 1. The largest absolute Gasteiger partial charge is 0.349 e. The Hall–Kier alpha value is -1.49. The number of rotatable bonds is 5. The summed E-state index contributed by atoms with van der Waals surface area (Å²) < 4.78 is 0. The predicted octanol–water partition coefficient (Wildman–Crippen LogP) is 2.09. The van der Waals surface area contributed by atoms with Crippen LogP contribution in [0.15, 0.2) is 12.4 Å². The Morgan fingerprint density at radius 3 is 2.45 bits per heavy atom. The minimum Gasteiger partial charge on any atom is -0.349 e. The van der Waals surface area contributed by atoms with Crippen molar-refractivity contribution in [2.75, 3.05) is 27.2 Å². The molecule has 2 rings (SSSR count). The van der Waals surface area contributed by atoms with E-state index in [4.69, 9.17) is 0 Å². The molecule has 122 valence electrons. The summed E-state index contributed by atoms with van der Waals surface area (Å²) in [5.74, 6) is 0.659. The number of carbonyl (C=O) groups is 1. The molecule has 1 amide bonds. The van der Waals surface area contributed by atoms with E-state index < -0.39 is 0 Å². The van der Waals surface area contributed by atoms with Crippen molar-refractivity contribution in [1.82, 2.24) is 19.8 Å². The summed E-state index contributed by atoms with van der Waals surface area (Å²) in [5.41, 5.74) is 2.00. The highest BCUT2D eigenvalue weighted by Gasteiger charge is 2.23. The number of amides is 1. The van der Waals surface area contributed by atoms with Gasteiger partial charge in [0.2, 0.25) is 5.91 Å². The molecular weight excluding hydrogens is 276 g/mol. The molecule has 0 N–H and O–H groups in total. The van der Waals surface area contributed by atoms with Crippen LogP contribution in [0.2, 0.25) is 0 Å². The van der Waals surface area contributed by atoms with E-state index in [0.29, 0.717) is 24.8 Å². The number of hydrogen-bond acceptors (Lipinski definition) is 4. The molecule has 1 aliphatic rings. The van der Waals surface area contributed by atoms with Crippen LogP contribution in [-0.4, -0.2) is 58.9 Å². The van der Waals surface area contributed by atoms with Crippen LogP contribution in [0, 0.1) is 0 Å². The molecule has 1 aromatic rings. The third kappa shape index (κ3) is 4.50. The number of aryl methyl sites for hydroxylation is 1. The Labute approximate surface area is 133 Å². The quantitative estimate of drug-likeness (QED) is 0.836. The topological polar surface area (TPSA) is 49.3 Å². The monoisotopic (exact) mass is 304 g/mol. The highest BCUT2D eigenvalue weighted by molar-refractivity contribution is 5.75. The maximum atomic E-state index is 11.6. The summed E-state index contributed by atoms with van der Waals surface area (Å²) in [6.45, 7) is 6.79. The van der Waals surface area contributed by atoms with Crippen molar-refractivity contribution in [3.63, 3.8) is 0 Å². The summed E-state index contributed by atoms with van der Waals surface area (Å²) >= 11 is 0. The first kappa shape index (κ1) is 16.9. The molecule has 1 aliphatic heterocycles. The van der Waals surface area contributed by atoms with Gasteiger partial charge in [0.25, 0.3) is 0 Å². The second-order valence-corrected chi connectivity index (χ2v) is 6.62. The van der Waals surface area contributed by atoms with E-state index in [9.17, 15) is 4.79 Å². The van der Waals surface area contributed by atoms with Gasteiger partial charge in [-0.05, 0) is 46.2 Å². The van der Waals surface area contributed by atoms with Crippen LogP contribution in [0.4, 0.5) is 0 Å². The van der Waals surface area contributed by atoms with Gasteiger partial charge in [-0.25, -0.2) is 0 Å². The van der Waals surface area contributed by atoms with Crippen molar-refractivity contribution in [2.45, 2.75) is 51.5 Å². The summed E-state index contributed by atoms with van der Waals surface area (Å²) in [7, 11) is 3.56. The zero-order valence-corrected chi connectivity index (χ0v) is 14.2. The molecule has 0 atom stereocenters. The fourth-order valence-electron chi connectivity index (χ4n) is 2.87. The first-order valence-electron chi connectivity index (χ1n) is 8.22. The van der Waals surface area contributed by atoms with Gasteiger partial charge in [0, 0.05) is 44.9 Å². The van der Waals surface area contributed by atoms with E-state index in [2.05, 4.69) is 28.7 Å². The molecule has 0 bridgehead atoms. The molecule has 22 heavy (non-hydrogen) atoms. The smallest absolute Gasteiger partial charge is 0.222 e. The van der Waals surface area contributed by atoms with Gasteiger partial charge >= 0.3 is 0 Å². The number of carbonyl (C=O) groups excluding carboxylic acids is 1. The van der Waals surface area contributed by atoms with Crippen molar-refractivity contribution >= 4 is 5.91 Å². The highest BCUT2D eigenvalue weighted by Crippen LogP contribution is 2.27. The molecule has 5 heteroatoms. The van der Waals surface area contributed by atoms with Gasteiger partial charge < -0.3 is 9.80 Å². The van der Waals surface area contributed by atoms with Crippen LogP contribution in [0.3, 0.4) is 0 Å². The van der Waals surface area contributed by atoms with Crippen molar-refractivity contribution in [3.8, 4) is 0 Å². The molecule has 0 radical (unpaired) electrons. The minimum atomic E-state index is 0.131. The fraction of sp³-hybridized carbons (Fsp3) is 0.706. The summed E-state index contributed by atoms with van der Waals surface area (Å²) in [6.07, 6.45) is 7.22. The maximum absolute atomic E-state index is 11.6. The third-order valence-corrected chi connectivity index (χ3v) is 4.50. The third-order valence-electron chi connectivity index (χ3n) is 4.50. The molecule has 1 aromatic heterocycles. The van der Waals surface area contributed by atoms with Crippen LogP contribution >= 0.6 is 0 Å². The SMILES string of the molecule is CC(C)N1CCC(c2cnc(CCC(=O)N(C)C)cn2)CC1. The van der Waals surface area contributed by atoms with Crippen LogP contribution in [-0.2, 0) is 11.2 Å². The van der Waals surface area contributed by atoms with Crippen molar-refractivity contribution in [2.24, 2.45) is 0 Å². The lowest BCUT2D eigenvalue weighted by molar-refractivity contribution is -0.128. The van der Waals surface area contributed by atoms with Gasteiger partial charge in [-0.1, -0.05) is 0 Å². The van der Waals surface area contributed by atoms with Crippen LogP contribution in [0.1, 0.15) is 50.4 Å². The molecule has 5 nitrogen and oxygen atoms in total. The van der Waals surface area contributed by atoms with Gasteiger partial charge in [-0.2, -0.15) is 0 Å². The second kappa shape index (κ2) is 7.68. The van der Waals surface area contributed by atoms with Gasteiger partial charge in [-0.3, -0.25) is 14.8 Å². The predicted molar refractivity (Wildman–Crippen MR) is 87.7 cm³/mol. The number of piperidine rings is 1. The molecule has 1 fully saturated rings. The standard InChI is InChI=1S/C17H28N4O/c1-13(2)21-9-7-14(8-10-21)16-12-18-15(11-19-16)5-6-17(22)20(3)4/h11-14H,5-10H2,1-4H3. The Bertz CT molecular complexity index is 476. The molecule has 1 saturated heterocycles. The zero-order chi connectivity index (χ0) is 16.1. The highest BCUT2D eigenvalue weighted by atomic mass is 16.2.